The fourth-order valence-corrected chi connectivity index (χ4v) is 4.61. The predicted octanol–water partition coefficient (Wildman–Crippen LogP) is 4.24. The van der Waals surface area contributed by atoms with Crippen molar-refractivity contribution in [3.05, 3.63) is 34.9 Å². The van der Waals surface area contributed by atoms with Crippen LogP contribution < -0.4 is 5.32 Å². The molecule has 1 aromatic heterocycles. The highest BCUT2D eigenvalue weighted by Gasteiger charge is 2.31. The van der Waals surface area contributed by atoms with Gasteiger partial charge >= 0.3 is 0 Å². The van der Waals surface area contributed by atoms with Crippen molar-refractivity contribution in [3.63, 3.8) is 0 Å². The van der Waals surface area contributed by atoms with Gasteiger partial charge in [0.05, 0.1) is 17.3 Å². The quantitative estimate of drug-likeness (QED) is 0.829. The molecule has 2 aromatic rings. The largest absolute Gasteiger partial charge is 0.381 e. The van der Waals surface area contributed by atoms with Crippen LogP contribution in [-0.4, -0.2) is 48.3 Å². The van der Waals surface area contributed by atoms with Crippen molar-refractivity contribution in [2.24, 2.45) is 0 Å². The summed E-state index contributed by atoms with van der Waals surface area (Å²) in [7, 11) is 1.84. The Hall–Kier alpha value is -1.17. The van der Waals surface area contributed by atoms with E-state index in [1.165, 1.54) is 38.6 Å². The Labute approximate surface area is 158 Å². The van der Waals surface area contributed by atoms with Crippen molar-refractivity contribution in [1.82, 2.24) is 9.88 Å². The SMILES string of the molecule is COC1CCN(C2CCC(Nc3[c]cnc4ccc(Br)cc34)CC2)C1. The number of ether oxygens (including phenoxy) is 1. The number of hydrogen-bond acceptors (Lipinski definition) is 4. The van der Waals surface area contributed by atoms with Gasteiger partial charge in [0.2, 0.25) is 0 Å². The van der Waals surface area contributed by atoms with E-state index in [4.69, 9.17) is 4.74 Å². The van der Waals surface area contributed by atoms with E-state index in [0.717, 1.165) is 33.6 Å². The smallest absolute Gasteiger partial charge is 0.0724 e. The Morgan fingerprint density at radius 3 is 2.84 bits per heavy atom. The van der Waals surface area contributed by atoms with Crippen LogP contribution in [-0.2, 0) is 4.74 Å². The van der Waals surface area contributed by atoms with Gasteiger partial charge < -0.3 is 10.1 Å². The van der Waals surface area contributed by atoms with Gasteiger partial charge in [-0.15, -0.1) is 0 Å². The van der Waals surface area contributed by atoms with Gasteiger partial charge in [-0.3, -0.25) is 9.88 Å². The molecule has 2 fully saturated rings. The first-order valence-corrected chi connectivity index (χ1v) is 10.0. The zero-order valence-electron chi connectivity index (χ0n) is 14.7. The third-order valence-electron chi connectivity index (χ3n) is 5.71. The van der Waals surface area contributed by atoms with Gasteiger partial charge in [0.25, 0.3) is 0 Å². The highest BCUT2D eigenvalue weighted by Crippen LogP contribution is 2.31. The first-order valence-electron chi connectivity index (χ1n) is 9.22. The summed E-state index contributed by atoms with van der Waals surface area (Å²) < 4.78 is 6.59. The summed E-state index contributed by atoms with van der Waals surface area (Å²) in [5, 5.41) is 4.86. The average molecular weight is 403 g/mol. The molecule has 1 radical (unpaired) electrons. The molecular weight excluding hydrogens is 378 g/mol. The first-order chi connectivity index (χ1) is 12.2. The Bertz CT molecular complexity index is 730. The second-order valence-corrected chi connectivity index (χ2v) is 8.15. The second-order valence-electron chi connectivity index (χ2n) is 7.23. The number of fused-ring (bicyclic) bond motifs is 1. The van der Waals surface area contributed by atoms with Crippen molar-refractivity contribution in [2.45, 2.75) is 50.3 Å². The molecule has 133 valence electrons. The minimum atomic E-state index is 0.437. The average Bonchev–Trinajstić information content (AvgIpc) is 3.12. The van der Waals surface area contributed by atoms with Gasteiger partial charge in [0.1, 0.15) is 0 Å². The fourth-order valence-electron chi connectivity index (χ4n) is 4.25. The van der Waals surface area contributed by atoms with Gasteiger partial charge in [0, 0.05) is 54.4 Å². The van der Waals surface area contributed by atoms with Crippen LogP contribution in [0.15, 0.2) is 28.9 Å². The summed E-state index contributed by atoms with van der Waals surface area (Å²) >= 11 is 3.56. The lowest BCUT2D eigenvalue weighted by Gasteiger charge is -2.35. The molecule has 0 bridgehead atoms. The minimum Gasteiger partial charge on any atom is -0.381 e. The molecule has 0 amide bonds. The molecule has 1 saturated carbocycles. The first kappa shape index (κ1) is 17.3. The number of nitrogens with one attached hydrogen (secondary N) is 1. The summed E-state index contributed by atoms with van der Waals surface area (Å²) in [6.45, 7) is 2.30. The number of benzene rings is 1. The molecular formula is C20H25BrN3O. The summed E-state index contributed by atoms with van der Waals surface area (Å²) in [6.07, 6.45) is 8.35. The van der Waals surface area contributed by atoms with Crippen LogP contribution in [0.3, 0.4) is 0 Å². The second kappa shape index (κ2) is 7.60. The molecule has 1 aliphatic heterocycles. The van der Waals surface area contributed by atoms with Crippen molar-refractivity contribution >= 4 is 32.5 Å². The van der Waals surface area contributed by atoms with Crippen molar-refractivity contribution in [3.8, 4) is 0 Å². The molecule has 25 heavy (non-hydrogen) atoms. The summed E-state index contributed by atoms with van der Waals surface area (Å²) in [5.74, 6) is 0. The summed E-state index contributed by atoms with van der Waals surface area (Å²) in [6, 6.07) is 10.8. The van der Waals surface area contributed by atoms with Crippen LogP contribution in [0.1, 0.15) is 32.1 Å². The summed E-state index contributed by atoms with van der Waals surface area (Å²) in [4.78, 5) is 7.06. The van der Waals surface area contributed by atoms with E-state index in [-0.39, 0.29) is 0 Å². The van der Waals surface area contributed by atoms with Gasteiger partial charge in [-0.05, 0) is 50.3 Å². The predicted molar refractivity (Wildman–Crippen MR) is 105 cm³/mol. The van der Waals surface area contributed by atoms with Gasteiger partial charge in [-0.25, -0.2) is 0 Å². The third kappa shape index (κ3) is 3.83. The number of likely N-dealkylation sites (tertiary alicyclic amines) is 1. The van der Waals surface area contributed by atoms with Crippen LogP contribution in [0, 0.1) is 6.07 Å². The van der Waals surface area contributed by atoms with Crippen molar-refractivity contribution in [2.75, 3.05) is 25.5 Å². The van der Waals surface area contributed by atoms with E-state index in [9.17, 15) is 0 Å². The fraction of sp³-hybridized carbons (Fsp3) is 0.550. The molecule has 1 atom stereocenters. The van der Waals surface area contributed by atoms with Crippen LogP contribution in [0.2, 0.25) is 0 Å². The van der Waals surface area contributed by atoms with Crippen LogP contribution in [0.5, 0.6) is 0 Å². The topological polar surface area (TPSA) is 37.4 Å². The number of anilines is 1. The number of aromatic nitrogens is 1. The zero-order chi connectivity index (χ0) is 17.2. The normalized spacial score (nSPS) is 27.7. The van der Waals surface area contributed by atoms with Gasteiger partial charge in [0.15, 0.2) is 0 Å². The third-order valence-corrected chi connectivity index (χ3v) is 6.21. The molecule has 1 unspecified atom stereocenters. The number of pyridine rings is 1. The van der Waals surface area contributed by atoms with E-state index < -0.39 is 0 Å². The van der Waals surface area contributed by atoms with E-state index >= 15 is 0 Å². The molecule has 1 N–H and O–H groups in total. The zero-order valence-corrected chi connectivity index (χ0v) is 16.3. The lowest BCUT2D eigenvalue weighted by atomic mass is 9.90. The maximum atomic E-state index is 5.51. The van der Waals surface area contributed by atoms with Gasteiger partial charge in [-0.2, -0.15) is 0 Å². The highest BCUT2D eigenvalue weighted by molar-refractivity contribution is 9.10. The molecule has 4 nitrogen and oxygen atoms in total. The maximum Gasteiger partial charge on any atom is 0.0724 e. The van der Waals surface area contributed by atoms with E-state index in [0.29, 0.717) is 12.1 Å². The monoisotopic (exact) mass is 402 g/mol. The Kier molecular flexibility index (Phi) is 5.25. The highest BCUT2D eigenvalue weighted by atomic mass is 79.9. The molecule has 1 saturated heterocycles. The molecule has 1 aromatic carbocycles. The Morgan fingerprint density at radius 1 is 1.24 bits per heavy atom. The lowest BCUT2D eigenvalue weighted by molar-refractivity contribution is 0.0947. The maximum absolute atomic E-state index is 5.51. The number of hydrogen-bond donors (Lipinski definition) is 1. The van der Waals surface area contributed by atoms with Gasteiger partial charge in [-0.1, -0.05) is 15.9 Å². The molecule has 2 aliphatic rings. The number of nitrogens with zero attached hydrogens (tertiary/aromatic N) is 2. The Morgan fingerprint density at radius 2 is 2.08 bits per heavy atom. The standard InChI is InChI=1S/C20H25BrN3O/c1-25-17-9-11-24(13-17)16-5-3-15(4-6-16)23-20-8-10-22-19-7-2-14(21)12-18(19)20/h2,7,10,12,15-17H,3-6,9,11,13H2,1H3,(H,22,23). The van der Waals surface area contributed by atoms with Crippen LogP contribution in [0.25, 0.3) is 10.9 Å². The minimum absolute atomic E-state index is 0.437. The number of halogens is 1. The van der Waals surface area contributed by atoms with E-state index in [1.54, 1.807) is 6.20 Å². The van der Waals surface area contributed by atoms with E-state index in [1.807, 2.05) is 13.2 Å². The summed E-state index contributed by atoms with van der Waals surface area (Å²) in [5.41, 5.74) is 2.09. The molecule has 2 heterocycles. The molecule has 4 rings (SSSR count). The van der Waals surface area contributed by atoms with E-state index in [2.05, 4.69) is 49.3 Å². The molecule has 0 spiro atoms. The van der Waals surface area contributed by atoms with Crippen LogP contribution >= 0.6 is 15.9 Å². The number of rotatable bonds is 4. The molecule has 5 heteroatoms. The lowest BCUT2D eigenvalue weighted by Crippen LogP contribution is -2.39. The Balaban J connectivity index is 1.38. The molecule has 1 aliphatic carbocycles. The van der Waals surface area contributed by atoms with Crippen LogP contribution in [0.4, 0.5) is 5.69 Å². The number of methoxy groups -OCH3 is 1. The van der Waals surface area contributed by atoms with Crippen molar-refractivity contribution < 1.29 is 4.74 Å². The van der Waals surface area contributed by atoms with Crippen molar-refractivity contribution in [1.29, 1.82) is 0 Å².